The molecule has 1 fully saturated rings. The molecule has 1 aromatic heterocycles. The number of nitro groups is 1. The van der Waals surface area contributed by atoms with E-state index in [4.69, 9.17) is 0 Å². The van der Waals surface area contributed by atoms with Crippen molar-refractivity contribution in [1.82, 2.24) is 19.6 Å². The number of nitrogens with zero attached hydrogens (tertiary/aromatic N) is 5. The molecule has 0 bridgehead atoms. The van der Waals surface area contributed by atoms with Crippen LogP contribution in [0, 0.1) is 24.0 Å². The Hall–Kier alpha value is -3.52. The molecule has 2 aromatic carbocycles. The highest BCUT2D eigenvalue weighted by Gasteiger charge is 2.23. The Morgan fingerprint density at radius 2 is 1.56 bits per heavy atom. The fraction of sp³-hybridized carbons (Fsp3) is 0.333. The maximum absolute atomic E-state index is 12.9. The van der Waals surface area contributed by atoms with Crippen LogP contribution in [0.1, 0.15) is 32.9 Å². The maximum Gasteiger partial charge on any atom is 0.312 e. The van der Waals surface area contributed by atoms with Gasteiger partial charge in [-0.15, -0.1) is 0 Å². The number of carbonyl (C=O) groups excluding carboxylic acids is 1. The van der Waals surface area contributed by atoms with E-state index >= 15 is 0 Å². The molecule has 3 aromatic rings. The van der Waals surface area contributed by atoms with Crippen LogP contribution >= 0.6 is 0 Å². The largest absolute Gasteiger partial charge is 0.336 e. The summed E-state index contributed by atoms with van der Waals surface area (Å²) in [5, 5.41) is 15.5. The molecule has 0 N–H and O–H groups in total. The van der Waals surface area contributed by atoms with E-state index < -0.39 is 4.92 Å². The van der Waals surface area contributed by atoms with Gasteiger partial charge in [0, 0.05) is 38.3 Å². The number of hydrogen-bond donors (Lipinski definition) is 0. The molecule has 0 unspecified atom stereocenters. The van der Waals surface area contributed by atoms with Crippen LogP contribution in [0.3, 0.4) is 0 Å². The van der Waals surface area contributed by atoms with Crippen molar-refractivity contribution in [2.45, 2.75) is 26.9 Å². The van der Waals surface area contributed by atoms with Gasteiger partial charge < -0.3 is 4.90 Å². The average Bonchev–Trinajstić information content (AvgIpc) is 3.08. The van der Waals surface area contributed by atoms with Crippen LogP contribution in [0.2, 0.25) is 0 Å². The summed E-state index contributed by atoms with van der Waals surface area (Å²) in [6.45, 7) is 7.81. The Morgan fingerprint density at radius 3 is 2.16 bits per heavy atom. The molecule has 2 heterocycles. The van der Waals surface area contributed by atoms with Gasteiger partial charge in [-0.1, -0.05) is 42.5 Å². The lowest BCUT2D eigenvalue weighted by Gasteiger charge is -2.34. The van der Waals surface area contributed by atoms with Gasteiger partial charge in [0.05, 0.1) is 11.5 Å². The summed E-state index contributed by atoms with van der Waals surface area (Å²) >= 11 is 0. The van der Waals surface area contributed by atoms with Crippen molar-refractivity contribution in [2.75, 3.05) is 26.2 Å². The first-order valence-electron chi connectivity index (χ1n) is 10.8. The van der Waals surface area contributed by atoms with Gasteiger partial charge in [-0.25, -0.2) is 0 Å². The molecule has 1 amide bonds. The second-order valence-corrected chi connectivity index (χ2v) is 8.19. The van der Waals surface area contributed by atoms with Crippen molar-refractivity contribution >= 4 is 11.6 Å². The number of aromatic nitrogens is 2. The second kappa shape index (κ2) is 9.32. The summed E-state index contributed by atoms with van der Waals surface area (Å²) in [5.74, 6) is 0.0395. The number of aryl methyl sites for hydroxylation is 1. The van der Waals surface area contributed by atoms with Crippen LogP contribution in [-0.2, 0) is 13.1 Å². The molecule has 0 spiro atoms. The molecule has 166 valence electrons. The molecule has 1 aliphatic rings. The molecule has 1 saturated heterocycles. The summed E-state index contributed by atoms with van der Waals surface area (Å²) in [6, 6.07) is 17.8. The number of carbonyl (C=O) groups is 1. The Bertz CT molecular complexity index is 1100. The lowest BCUT2D eigenvalue weighted by Crippen LogP contribution is -2.48. The van der Waals surface area contributed by atoms with Crippen molar-refractivity contribution in [1.29, 1.82) is 0 Å². The normalized spacial score (nSPS) is 14.5. The summed E-state index contributed by atoms with van der Waals surface area (Å²) < 4.78 is 1.64. The van der Waals surface area contributed by atoms with Crippen molar-refractivity contribution in [3.8, 4) is 0 Å². The van der Waals surface area contributed by atoms with Gasteiger partial charge in [0.2, 0.25) is 0 Å². The van der Waals surface area contributed by atoms with Gasteiger partial charge in [0.1, 0.15) is 11.4 Å². The predicted molar refractivity (Wildman–Crippen MR) is 122 cm³/mol. The van der Waals surface area contributed by atoms with Gasteiger partial charge in [-0.05, 0) is 37.1 Å². The zero-order valence-corrected chi connectivity index (χ0v) is 18.4. The van der Waals surface area contributed by atoms with E-state index in [0.717, 1.165) is 25.2 Å². The van der Waals surface area contributed by atoms with E-state index in [1.807, 2.05) is 35.2 Å². The number of rotatable bonds is 6. The zero-order chi connectivity index (χ0) is 22.7. The first kappa shape index (κ1) is 21.7. The smallest absolute Gasteiger partial charge is 0.312 e. The quantitative estimate of drug-likeness (QED) is 0.439. The first-order valence-corrected chi connectivity index (χ1v) is 10.8. The minimum atomic E-state index is -0.393. The summed E-state index contributed by atoms with van der Waals surface area (Å²) in [7, 11) is 0. The zero-order valence-electron chi connectivity index (χ0n) is 18.4. The lowest BCUT2D eigenvalue weighted by molar-refractivity contribution is -0.386. The fourth-order valence-electron chi connectivity index (χ4n) is 4.16. The van der Waals surface area contributed by atoms with Crippen LogP contribution in [0.4, 0.5) is 5.69 Å². The van der Waals surface area contributed by atoms with Crippen LogP contribution in [-0.4, -0.2) is 56.6 Å². The molecule has 32 heavy (non-hydrogen) atoms. The van der Waals surface area contributed by atoms with Crippen LogP contribution < -0.4 is 0 Å². The van der Waals surface area contributed by atoms with Crippen LogP contribution in [0.15, 0.2) is 54.6 Å². The van der Waals surface area contributed by atoms with Gasteiger partial charge >= 0.3 is 5.69 Å². The minimum absolute atomic E-state index is 0.0395. The Kier molecular flexibility index (Phi) is 6.32. The van der Waals surface area contributed by atoms with Gasteiger partial charge in [0.15, 0.2) is 0 Å². The third-order valence-corrected chi connectivity index (χ3v) is 5.97. The third-order valence-electron chi connectivity index (χ3n) is 5.97. The first-order chi connectivity index (χ1) is 15.4. The fourth-order valence-corrected chi connectivity index (χ4v) is 4.16. The highest BCUT2D eigenvalue weighted by molar-refractivity contribution is 5.94. The van der Waals surface area contributed by atoms with Crippen molar-refractivity contribution < 1.29 is 9.72 Å². The highest BCUT2D eigenvalue weighted by atomic mass is 16.6. The third kappa shape index (κ3) is 4.70. The molecular weight excluding hydrogens is 406 g/mol. The summed E-state index contributed by atoms with van der Waals surface area (Å²) in [6.07, 6.45) is 0. The molecule has 0 aliphatic carbocycles. The molecule has 0 atom stereocenters. The molecule has 4 rings (SSSR count). The Labute approximate surface area is 187 Å². The van der Waals surface area contributed by atoms with Gasteiger partial charge in [0.25, 0.3) is 5.91 Å². The van der Waals surface area contributed by atoms with E-state index in [9.17, 15) is 14.9 Å². The topological polar surface area (TPSA) is 84.5 Å². The van der Waals surface area contributed by atoms with E-state index in [1.165, 1.54) is 5.56 Å². The van der Waals surface area contributed by atoms with Crippen LogP contribution in [0.5, 0.6) is 0 Å². The van der Waals surface area contributed by atoms with E-state index in [1.54, 1.807) is 18.5 Å². The van der Waals surface area contributed by atoms with Crippen molar-refractivity contribution in [3.05, 3.63) is 92.8 Å². The number of amides is 1. The number of benzene rings is 2. The predicted octanol–water partition coefficient (Wildman–Crippen LogP) is 3.41. The van der Waals surface area contributed by atoms with E-state index in [-0.39, 0.29) is 11.6 Å². The van der Waals surface area contributed by atoms with Gasteiger partial charge in [-0.3, -0.25) is 24.5 Å². The highest BCUT2D eigenvalue weighted by Crippen LogP contribution is 2.22. The molecular formula is C24H27N5O3. The molecule has 8 heteroatoms. The SMILES string of the molecule is Cc1nn(Cc2ccc(C(=O)N3CCN(Cc4ccccc4)CC3)cc2)c(C)c1[N+](=O)[O-]. The molecule has 0 radical (unpaired) electrons. The maximum atomic E-state index is 12.9. The van der Waals surface area contributed by atoms with Gasteiger partial charge in [-0.2, -0.15) is 5.10 Å². The van der Waals surface area contributed by atoms with Crippen molar-refractivity contribution in [3.63, 3.8) is 0 Å². The monoisotopic (exact) mass is 433 g/mol. The summed E-state index contributed by atoms with van der Waals surface area (Å²) in [4.78, 5) is 28.0. The molecule has 1 aliphatic heterocycles. The number of hydrogen-bond acceptors (Lipinski definition) is 5. The second-order valence-electron chi connectivity index (χ2n) is 8.19. The van der Waals surface area contributed by atoms with Crippen LogP contribution in [0.25, 0.3) is 0 Å². The van der Waals surface area contributed by atoms with E-state index in [0.29, 0.717) is 36.6 Å². The Morgan fingerprint density at radius 1 is 0.938 bits per heavy atom. The standard InChI is InChI=1S/C24H27N5O3/c1-18-23(29(31)32)19(2)28(25-18)17-21-8-10-22(11-9-21)24(30)27-14-12-26(13-15-27)16-20-6-4-3-5-7-20/h3-11H,12-17H2,1-2H3. The van der Waals surface area contributed by atoms with Crippen molar-refractivity contribution in [2.24, 2.45) is 0 Å². The number of piperazine rings is 1. The average molecular weight is 434 g/mol. The molecule has 8 nitrogen and oxygen atoms in total. The minimum Gasteiger partial charge on any atom is -0.336 e. The van der Waals surface area contributed by atoms with E-state index in [2.05, 4.69) is 34.3 Å². The lowest BCUT2D eigenvalue weighted by atomic mass is 10.1. The molecule has 0 saturated carbocycles. The summed E-state index contributed by atoms with van der Waals surface area (Å²) in [5.41, 5.74) is 3.88. The Balaban J connectivity index is 1.35.